The molecule has 1 fully saturated rings. The first-order valence-electron chi connectivity index (χ1n) is 10.2. The highest BCUT2D eigenvalue weighted by Crippen LogP contribution is 2.29. The van der Waals surface area contributed by atoms with Crippen LogP contribution in [0.4, 0.5) is 11.4 Å². The number of carbonyl (C=O) groups is 3. The van der Waals surface area contributed by atoms with Crippen LogP contribution in [0, 0.1) is 0 Å². The number of esters is 1. The first kappa shape index (κ1) is 20.9. The van der Waals surface area contributed by atoms with Crippen molar-refractivity contribution < 1.29 is 23.9 Å². The van der Waals surface area contributed by atoms with Crippen molar-refractivity contribution in [3.63, 3.8) is 0 Å². The van der Waals surface area contributed by atoms with Crippen LogP contribution in [-0.4, -0.2) is 55.5 Å². The van der Waals surface area contributed by atoms with Crippen molar-refractivity contribution in [3.8, 4) is 5.75 Å². The van der Waals surface area contributed by atoms with Crippen LogP contribution in [0.2, 0.25) is 0 Å². The number of nitrogens with zero attached hydrogens (tertiary/aromatic N) is 2. The molecule has 0 unspecified atom stereocenters. The summed E-state index contributed by atoms with van der Waals surface area (Å²) in [5.74, 6) is -1.17. The molecule has 0 aromatic heterocycles. The van der Waals surface area contributed by atoms with E-state index in [4.69, 9.17) is 9.47 Å². The summed E-state index contributed by atoms with van der Waals surface area (Å²) in [5, 5.41) is 2.61. The predicted molar refractivity (Wildman–Crippen MR) is 115 cm³/mol. The number of piperazine rings is 1. The van der Waals surface area contributed by atoms with Gasteiger partial charge in [0.2, 0.25) is 0 Å². The number of benzene rings is 2. The maximum atomic E-state index is 12.7. The van der Waals surface area contributed by atoms with E-state index in [1.807, 2.05) is 19.1 Å². The van der Waals surface area contributed by atoms with Gasteiger partial charge in [-0.25, -0.2) is 0 Å². The molecule has 8 heteroatoms. The summed E-state index contributed by atoms with van der Waals surface area (Å²) in [7, 11) is 1.67. The maximum Gasteiger partial charge on any atom is 0.315 e. The van der Waals surface area contributed by atoms with Gasteiger partial charge in [-0.05, 0) is 30.7 Å². The Morgan fingerprint density at radius 1 is 1.16 bits per heavy atom. The Hall–Kier alpha value is -3.39. The first-order chi connectivity index (χ1) is 14.9. The van der Waals surface area contributed by atoms with Gasteiger partial charge in [0.1, 0.15) is 5.75 Å². The highest BCUT2D eigenvalue weighted by Gasteiger charge is 2.30. The Bertz CT molecular complexity index is 1000. The molecule has 2 aliphatic rings. The molecule has 2 aromatic rings. The standard InChI is InChI=1S/C23H25N3O5/c1-15-13-25(9-10-26(15)19-7-3-16(4-8-19)14-30-2)23(29)22(28)24-18-6-5-17-11-21(27)31-20(17)12-18/h3-8,12,15H,9-11,13-14H2,1-2H3,(H,24,28)/t15-/m1/s1. The molecular formula is C23H25N3O5. The molecule has 31 heavy (non-hydrogen) atoms. The molecule has 2 aromatic carbocycles. The number of hydrogen-bond donors (Lipinski definition) is 1. The van der Waals surface area contributed by atoms with Crippen LogP contribution in [0.3, 0.4) is 0 Å². The molecule has 0 spiro atoms. The minimum absolute atomic E-state index is 0.0678. The summed E-state index contributed by atoms with van der Waals surface area (Å²) in [6, 6.07) is 13.2. The van der Waals surface area contributed by atoms with Crippen LogP contribution in [0.15, 0.2) is 42.5 Å². The van der Waals surface area contributed by atoms with E-state index in [0.717, 1.165) is 16.8 Å². The summed E-state index contributed by atoms with van der Waals surface area (Å²) in [5.41, 5.74) is 3.38. The van der Waals surface area contributed by atoms with E-state index >= 15 is 0 Å². The summed E-state index contributed by atoms with van der Waals surface area (Å²) in [6.45, 7) is 4.15. The fourth-order valence-corrected chi connectivity index (χ4v) is 3.99. The smallest absolute Gasteiger partial charge is 0.315 e. The van der Waals surface area contributed by atoms with Gasteiger partial charge < -0.3 is 24.6 Å². The monoisotopic (exact) mass is 423 g/mol. The lowest BCUT2D eigenvalue weighted by molar-refractivity contribution is -0.143. The van der Waals surface area contributed by atoms with Crippen LogP contribution < -0.4 is 15.0 Å². The minimum atomic E-state index is -0.700. The Labute approximate surface area is 180 Å². The Morgan fingerprint density at radius 2 is 1.94 bits per heavy atom. The second-order valence-corrected chi connectivity index (χ2v) is 7.82. The van der Waals surface area contributed by atoms with E-state index in [-0.39, 0.29) is 18.4 Å². The fourth-order valence-electron chi connectivity index (χ4n) is 3.99. The lowest BCUT2D eigenvalue weighted by atomic mass is 10.1. The van der Waals surface area contributed by atoms with E-state index < -0.39 is 11.8 Å². The van der Waals surface area contributed by atoms with Gasteiger partial charge >= 0.3 is 17.8 Å². The largest absolute Gasteiger partial charge is 0.426 e. The Morgan fingerprint density at radius 3 is 2.65 bits per heavy atom. The molecular weight excluding hydrogens is 398 g/mol. The van der Waals surface area contributed by atoms with E-state index in [1.54, 1.807) is 30.2 Å². The number of rotatable bonds is 4. The summed E-state index contributed by atoms with van der Waals surface area (Å²) in [4.78, 5) is 40.4. The normalized spacial score (nSPS) is 17.9. The van der Waals surface area contributed by atoms with Crippen molar-refractivity contribution in [3.05, 3.63) is 53.6 Å². The lowest BCUT2D eigenvalue weighted by Crippen LogP contribution is -2.55. The fraction of sp³-hybridized carbons (Fsp3) is 0.348. The zero-order valence-electron chi connectivity index (χ0n) is 17.6. The van der Waals surface area contributed by atoms with Gasteiger partial charge in [-0.15, -0.1) is 0 Å². The average molecular weight is 423 g/mol. The van der Waals surface area contributed by atoms with E-state index in [2.05, 4.69) is 22.3 Å². The summed E-state index contributed by atoms with van der Waals surface area (Å²) < 4.78 is 10.2. The number of hydrogen-bond acceptors (Lipinski definition) is 6. The van der Waals surface area contributed by atoms with Crippen LogP contribution in [0.5, 0.6) is 5.75 Å². The van der Waals surface area contributed by atoms with Crippen LogP contribution in [0.1, 0.15) is 18.1 Å². The third-order valence-electron chi connectivity index (χ3n) is 5.57. The number of fused-ring (bicyclic) bond motifs is 1. The highest BCUT2D eigenvalue weighted by molar-refractivity contribution is 6.39. The molecule has 8 nitrogen and oxygen atoms in total. The van der Waals surface area contributed by atoms with Gasteiger partial charge in [0.25, 0.3) is 0 Å². The number of carbonyl (C=O) groups excluding carboxylic acids is 3. The molecule has 0 bridgehead atoms. The average Bonchev–Trinajstić information content (AvgIpc) is 3.13. The van der Waals surface area contributed by atoms with Gasteiger partial charge in [-0.3, -0.25) is 14.4 Å². The van der Waals surface area contributed by atoms with Gasteiger partial charge in [-0.1, -0.05) is 18.2 Å². The van der Waals surface area contributed by atoms with E-state index in [0.29, 0.717) is 37.7 Å². The number of anilines is 2. The van der Waals surface area contributed by atoms with Crippen LogP contribution in [-0.2, 0) is 32.1 Å². The molecule has 2 amide bonds. The highest BCUT2D eigenvalue weighted by atomic mass is 16.5. The maximum absolute atomic E-state index is 12.7. The van der Waals surface area contributed by atoms with Gasteiger partial charge in [0.15, 0.2) is 0 Å². The van der Waals surface area contributed by atoms with Crippen LogP contribution in [0.25, 0.3) is 0 Å². The quantitative estimate of drug-likeness (QED) is 0.460. The van der Waals surface area contributed by atoms with Crippen molar-refractivity contribution in [1.29, 1.82) is 0 Å². The third kappa shape index (κ3) is 4.54. The molecule has 0 aliphatic carbocycles. The third-order valence-corrected chi connectivity index (χ3v) is 5.57. The topological polar surface area (TPSA) is 88.2 Å². The van der Waals surface area contributed by atoms with Crippen molar-refractivity contribution in [2.24, 2.45) is 0 Å². The van der Waals surface area contributed by atoms with Crippen molar-refractivity contribution in [2.75, 3.05) is 37.0 Å². The minimum Gasteiger partial charge on any atom is -0.426 e. The zero-order valence-corrected chi connectivity index (χ0v) is 17.6. The predicted octanol–water partition coefficient (Wildman–Crippen LogP) is 1.97. The SMILES string of the molecule is COCc1ccc(N2CCN(C(=O)C(=O)Nc3ccc4c(c3)OC(=O)C4)C[C@H]2C)cc1. The van der Waals surface area contributed by atoms with Gasteiger partial charge in [0.05, 0.1) is 13.0 Å². The number of ether oxygens (including phenoxy) is 2. The van der Waals surface area contributed by atoms with Crippen molar-refractivity contribution in [2.45, 2.75) is 26.0 Å². The lowest BCUT2D eigenvalue weighted by Gasteiger charge is -2.41. The van der Waals surface area contributed by atoms with E-state index in [1.165, 1.54) is 0 Å². The molecule has 2 heterocycles. The molecule has 162 valence electrons. The molecule has 2 aliphatic heterocycles. The molecule has 4 rings (SSSR count). The number of methoxy groups -OCH3 is 1. The molecule has 1 N–H and O–H groups in total. The second kappa shape index (κ2) is 8.77. The molecule has 1 saturated heterocycles. The van der Waals surface area contributed by atoms with Crippen LogP contribution >= 0.6 is 0 Å². The first-order valence-corrected chi connectivity index (χ1v) is 10.2. The number of nitrogens with one attached hydrogen (secondary N) is 1. The summed E-state index contributed by atoms with van der Waals surface area (Å²) in [6.07, 6.45) is 0.222. The van der Waals surface area contributed by atoms with E-state index in [9.17, 15) is 14.4 Å². The molecule has 1 atom stereocenters. The van der Waals surface area contributed by atoms with Gasteiger partial charge in [-0.2, -0.15) is 0 Å². The number of amides is 2. The van der Waals surface area contributed by atoms with Crippen molar-refractivity contribution in [1.82, 2.24) is 4.90 Å². The Kier molecular flexibility index (Phi) is 5.90. The summed E-state index contributed by atoms with van der Waals surface area (Å²) >= 11 is 0. The molecule has 0 radical (unpaired) electrons. The molecule has 0 saturated carbocycles. The zero-order chi connectivity index (χ0) is 22.0. The Balaban J connectivity index is 1.35. The van der Waals surface area contributed by atoms with Gasteiger partial charge in [0, 0.05) is 55.8 Å². The van der Waals surface area contributed by atoms with Crippen molar-refractivity contribution >= 4 is 29.2 Å². The second-order valence-electron chi connectivity index (χ2n) is 7.82.